The highest BCUT2D eigenvalue weighted by Crippen LogP contribution is 2.61. The summed E-state index contributed by atoms with van der Waals surface area (Å²) in [5, 5.41) is 34.0. The molecule has 0 aromatic carbocycles. The Morgan fingerprint density at radius 2 is 1.86 bits per heavy atom. The summed E-state index contributed by atoms with van der Waals surface area (Å²) in [4.78, 5) is 39.1. The number of carbonyl (C=O) groups is 3. The number of rotatable bonds is 7. The van der Waals surface area contributed by atoms with E-state index in [2.05, 4.69) is 0 Å². The summed E-state index contributed by atoms with van der Waals surface area (Å²) >= 11 is 0. The van der Waals surface area contributed by atoms with Crippen molar-refractivity contribution in [1.82, 2.24) is 0 Å². The molecule has 0 radical (unpaired) electrons. The molecule has 2 bridgehead atoms. The maximum atomic E-state index is 14.4. The van der Waals surface area contributed by atoms with Crippen LogP contribution < -0.4 is 0 Å². The number of aliphatic hydroxyl groups excluding tert-OH is 2. The number of aliphatic hydroxyl groups is 3. The second kappa shape index (κ2) is 9.79. The number of Topliss-reactive ketones (excluding diaryl/α,β-unsaturated/α-hetero) is 1. The third-order valence-electron chi connectivity index (χ3n) is 8.22. The molecule has 8 heteroatoms. The van der Waals surface area contributed by atoms with Crippen molar-refractivity contribution in [1.29, 1.82) is 0 Å². The third kappa shape index (κ3) is 4.27. The van der Waals surface area contributed by atoms with E-state index in [0.717, 1.165) is 12.8 Å². The van der Waals surface area contributed by atoms with Crippen molar-refractivity contribution < 1.29 is 39.2 Å². The zero-order valence-corrected chi connectivity index (χ0v) is 21.7. The Bertz CT molecular complexity index is 933. The molecule has 0 saturated heterocycles. The second-order valence-corrected chi connectivity index (χ2v) is 11.2. The van der Waals surface area contributed by atoms with E-state index in [1.807, 2.05) is 27.7 Å². The summed E-state index contributed by atoms with van der Waals surface area (Å²) in [6, 6.07) is 0. The first-order valence-corrected chi connectivity index (χ1v) is 12.6. The van der Waals surface area contributed by atoms with Gasteiger partial charge in [-0.3, -0.25) is 14.4 Å². The molecule has 0 aromatic rings. The SMILES string of the molecule is CCCCCC(=O)O[C@H]1C(C)=C[C@]23C(=O)[C@@H](C=C(CO)[C@@H](O)[C@]12O)[C@@H](OC(C)=O)C(C)(C)C[C@H]3C. The highest BCUT2D eigenvalue weighted by atomic mass is 16.6. The Morgan fingerprint density at radius 3 is 2.43 bits per heavy atom. The number of carbonyl (C=O) groups excluding carboxylic acids is 3. The molecule has 3 N–H and O–H groups in total. The van der Waals surface area contributed by atoms with Gasteiger partial charge in [0.1, 0.15) is 12.2 Å². The highest BCUT2D eigenvalue weighted by molar-refractivity contribution is 5.95. The first kappa shape index (κ1) is 27.6. The molecule has 0 amide bonds. The molecule has 1 fully saturated rings. The largest absolute Gasteiger partial charge is 0.461 e. The fourth-order valence-electron chi connectivity index (χ4n) is 6.71. The number of hydrogen-bond donors (Lipinski definition) is 3. The minimum Gasteiger partial charge on any atom is -0.461 e. The molecule has 0 aliphatic heterocycles. The molecule has 0 heterocycles. The fraction of sp³-hybridized carbons (Fsp3) is 0.741. The molecule has 3 rings (SSSR count). The van der Waals surface area contributed by atoms with Crippen LogP contribution >= 0.6 is 0 Å². The first-order valence-electron chi connectivity index (χ1n) is 12.6. The van der Waals surface area contributed by atoms with Crippen LogP contribution in [0.25, 0.3) is 0 Å². The van der Waals surface area contributed by atoms with Gasteiger partial charge in [-0.1, -0.05) is 52.7 Å². The van der Waals surface area contributed by atoms with E-state index in [0.29, 0.717) is 18.4 Å². The number of ketones is 1. The van der Waals surface area contributed by atoms with Gasteiger partial charge in [0, 0.05) is 18.8 Å². The standard InChI is InChI=1S/C27H40O8/c1-7-8-9-10-20(30)35-23-15(2)12-26-16(3)13-25(5,6)24(34-17(4)29)19(22(26)32)11-18(14-28)21(31)27(23,26)33/h11-12,16,19,21,23-24,28,31,33H,7-10,13-14H2,1-6H3/t16-,19-,21-,23+,24-,26+,27+/m1/s1. The van der Waals surface area contributed by atoms with Crippen LogP contribution in [0.15, 0.2) is 23.3 Å². The first-order chi connectivity index (χ1) is 16.3. The van der Waals surface area contributed by atoms with Gasteiger partial charge in [0.05, 0.1) is 17.9 Å². The maximum absolute atomic E-state index is 14.4. The molecular weight excluding hydrogens is 452 g/mol. The van der Waals surface area contributed by atoms with Crippen LogP contribution in [0.2, 0.25) is 0 Å². The van der Waals surface area contributed by atoms with Gasteiger partial charge < -0.3 is 24.8 Å². The quantitative estimate of drug-likeness (QED) is 0.281. The molecule has 35 heavy (non-hydrogen) atoms. The van der Waals surface area contributed by atoms with Crippen LogP contribution in [-0.4, -0.2) is 63.6 Å². The van der Waals surface area contributed by atoms with E-state index in [1.165, 1.54) is 13.0 Å². The maximum Gasteiger partial charge on any atom is 0.306 e. The summed E-state index contributed by atoms with van der Waals surface area (Å²) < 4.78 is 11.4. The zero-order chi connectivity index (χ0) is 26.3. The lowest BCUT2D eigenvalue weighted by Gasteiger charge is -2.48. The Labute approximate surface area is 207 Å². The van der Waals surface area contributed by atoms with Crippen molar-refractivity contribution in [2.24, 2.45) is 22.7 Å². The van der Waals surface area contributed by atoms with E-state index < -0.39 is 70.9 Å². The van der Waals surface area contributed by atoms with Gasteiger partial charge in [-0.05, 0) is 36.8 Å². The number of fused-ring (bicyclic) bond motifs is 1. The number of esters is 2. The summed E-state index contributed by atoms with van der Waals surface area (Å²) in [7, 11) is 0. The van der Waals surface area contributed by atoms with Crippen molar-refractivity contribution in [2.75, 3.05) is 6.61 Å². The van der Waals surface area contributed by atoms with Crippen LogP contribution in [0.4, 0.5) is 0 Å². The van der Waals surface area contributed by atoms with Crippen molar-refractivity contribution in [3.8, 4) is 0 Å². The van der Waals surface area contributed by atoms with Crippen LogP contribution in [0.1, 0.15) is 73.6 Å². The van der Waals surface area contributed by atoms with E-state index in [-0.39, 0.29) is 12.0 Å². The van der Waals surface area contributed by atoms with Crippen molar-refractivity contribution in [3.05, 3.63) is 23.3 Å². The highest BCUT2D eigenvalue weighted by Gasteiger charge is 2.73. The zero-order valence-electron chi connectivity index (χ0n) is 21.7. The Morgan fingerprint density at radius 1 is 1.20 bits per heavy atom. The summed E-state index contributed by atoms with van der Waals surface area (Å²) in [5.74, 6) is -2.99. The van der Waals surface area contributed by atoms with Crippen molar-refractivity contribution in [2.45, 2.75) is 97.6 Å². The molecule has 0 unspecified atom stereocenters. The van der Waals surface area contributed by atoms with Crippen LogP contribution in [0.3, 0.4) is 0 Å². The van der Waals surface area contributed by atoms with Gasteiger partial charge in [-0.15, -0.1) is 0 Å². The minimum absolute atomic E-state index is 0.0323. The molecule has 3 aliphatic rings. The lowest BCUT2D eigenvalue weighted by atomic mass is 9.59. The molecule has 8 nitrogen and oxygen atoms in total. The predicted octanol–water partition coefficient (Wildman–Crippen LogP) is 2.63. The fourth-order valence-corrected chi connectivity index (χ4v) is 6.71. The van der Waals surface area contributed by atoms with E-state index >= 15 is 0 Å². The average Bonchev–Trinajstić information content (AvgIpc) is 2.94. The molecule has 7 atom stereocenters. The average molecular weight is 493 g/mol. The van der Waals surface area contributed by atoms with Crippen LogP contribution in [0, 0.1) is 22.7 Å². The van der Waals surface area contributed by atoms with Crippen LogP contribution in [0.5, 0.6) is 0 Å². The van der Waals surface area contributed by atoms with Gasteiger partial charge in [0.25, 0.3) is 0 Å². The normalized spacial score (nSPS) is 38.0. The Hall–Kier alpha value is -2.03. The van der Waals surface area contributed by atoms with Crippen LogP contribution in [-0.2, 0) is 23.9 Å². The van der Waals surface area contributed by atoms with Gasteiger partial charge in [0.15, 0.2) is 17.5 Å². The third-order valence-corrected chi connectivity index (χ3v) is 8.22. The summed E-state index contributed by atoms with van der Waals surface area (Å²) in [6.07, 6.45) is 2.24. The van der Waals surface area contributed by atoms with E-state index in [9.17, 15) is 29.7 Å². The Balaban J connectivity index is 2.19. The predicted molar refractivity (Wildman–Crippen MR) is 128 cm³/mol. The molecule has 196 valence electrons. The van der Waals surface area contributed by atoms with Gasteiger partial charge in [-0.25, -0.2) is 0 Å². The van der Waals surface area contributed by atoms with Gasteiger partial charge in [-0.2, -0.15) is 0 Å². The number of ether oxygens (including phenoxy) is 2. The van der Waals surface area contributed by atoms with E-state index in [4.69, 9.17) is 9.47 Å². The smallest absolute Gasteiger partial charge is 0.306 e. The molecule has 3 aliphatic carbocycles. The summed E-state index contributed by atoms with van der Waals surface area (Å²) in [5.41, 5.74) is -4.00. The molecular formula is C27H40O8. The van der Waals surface area contributed by atoms with Gasteiger partial charge in [0.2, 0.25) is 0 Å². The number of hydrogen-bond acceptors (Lipinski definition) is 8. The lowest BCUT2D eigenvalue weighted by Crippen LogP contribution is -2.65. The number of unbranched alkanes of at least 4 members (excludes halogenated alkanes) is 2. The molecule has 0 aromatic heterocycles. The summed E-state index contributed by atoms with van der Waals surface area (Å²) in [6.45, 7) is 9.97. The topological polar surface area (TPSA) is 130 Å². The monoisotopic (exact) mass is 492 g/mol. The van der Waals surface area contributed by atoms with E-state index in [1.54, 1.807) is 13.0 Å². The molecule has 1 saturated carbocycles. The molecule has 1 spiro atoms. The minimum atomic E-state index is -2.22. The van der Waals surface area contributed by atoms with Gasteiger partial charge >= 0.3 is 11.9 Å². The van der Waals surface area contributed by atoms with Crippen molar-refractivity contribution in [3.63, 3.8) is 0 Å². The lowest BCUT2D eigenvalue weighted by molar-refractivity contribution is -0.203. The Kier molecular flexibility index (Phi) is 7.71. The second-order valence-electron chi connectivity index (χ2n) is 11.2. The van der Waals surface area contributed by atoms with Crippen molar-refractivity contribution >= 4 is 17.7 Å².